The number of carbonyl (C=O) groups excluding carboxylic acids is 2. The van der Waals surface area contributed by atoms with E-state index in [4.69, 9.17) is 14.9 Å². The van der Waals surface area contributed by atoms with E-state index in [0.717, 1.165) is 12.2 Å². The summed E-state index contributed by atoms with van der Waals surface area (Å²) in [7, 11) is 1.56. The largest absolute Gasteiger partial charge is 0.464 e. The van der Waals surface area contributed by atoms with Gasteiger partial charge in [0.15, 0.2) is 0 Å². The lowest BCUT2D eigenvalue weighted by molar-refractivity contribution is 0.0881. The van der Waals surface area contributed by atoms with Crippen molar-refractivity contribution in [2.24, 2.45) is 5.73 Å². The molecule has 1 unspecified atom stereocenters. The summed E-state index contributed by atoms with van der Waals surface area (Å²) >= 11 is 0. The Hall–Kier alpha value is -2.60. The summed E-state index contributed by atoms with van der Waals surface area (Å²) in [6.07, 6.45) is 0.780. The second kappa shape index (κ2) is 7.60. The van der Waals surface area contributed by atoms with Crippen LogP contribution in [0.5, 0.6) is 0 Å². The predicted molar refractivity (Wildman–Crippen MR) is 85.1 cm³/mol. The molecule has 1 atom stereocenters. The molecule has 0 saturated carbocycles. The van der Waals surface area contributed by atoms with E-state index in [9.17, 15) is 9.59 Å². The van der Waals surface area contributed by atoms with E-state index in [0.29, 0.717) is 23.5 Å². The Kier molecular flexibility index (Phi) is 5.54. The van der Waals surface area contributed by atoms with Gasteiger partial charge < -0.3 is 20.2 Å². The van der Waals surface area contributed by atoms with Gasteiger partial charge in [0.2, 0.25) is 5.91 Å². The second-order valence-electron chi connectivity index (χ2n) is 5.08. The van der Waals surface area contributed by atoms with Gasteiger partial charge in [-0.3, -0.25) is 9.59 Å². The molecule has 1 aromatic carbocycles. The van der Waals surface area contributed by atoms with Crippen molar-refractivity contribution in [3.05, 3.63) is 59.0 Å². The lowest BCUT2D eigenvalue weighted by Crippen LogP contribution is -2.31. The van der Waals surface area contributed by atoms with Crippen molar-refractivity contribution in [1.29, 1.82) is 0 Å². The number of ether oxygens (including phenoxy) is 1. The Labute approximate surface area is 134 Å². The molecule has 1 aromatic heterocycles. The van der Waals surface area contributed by atoms with Crippen LogP contribution in [0.4, 0.5) is 0 Å². The molecule has 0 aliphatic carbocycles. The van der Waals surface area contributed by atoms with Crippen LogP contribution in [0.1, 0.15) is 45.2 Å². The fraction of sp³-hybridized carbons (Fsp3) is 0.294. The number of nitrogens with one attached hydrogen (secondary N) is 1. The van der Waals surface area contributed by atoms with Crippen molar-refractivity contribution in [2.75, 3.05) is 13.7 Å². The van der Waals surface area contributed by atoms with Crippen molar-refractivity contribution >= 4 is 11.8 Å². The first kappa shape index (κ1) is 16.8. The van der Waals surface area contributed by atoms with Crippen LogP contribution in [0, 0.1) is 0 Å². The van der Waals surface area contributed by atoms with Crippen LogP contribution in [-0.4, -0.2) is 25.5 Å². The lowest BCUT2D eigenvalue weighted by atomic mass is 10.1. The molecule has 2 rings (SSSR count). The fourth-order valence-corrected chi connectivity index (χ4v) is 2.16. The van der Waals surface area contributed by atoms with Crippen LogP contribution in [0.3, 0.4) is 0 Å². The minimum absolute atomic E-state index is 0.280. The van der Waals surface area contributed by atoms with Gasteiger partial charge in [-0.15, -0.1) is 0 Å². The number of nitrogens with two attached hydrogens (primary N) is 1. The molecular formula is C17H20N2O4. The van der Waals surface area contributed by atoms with Crippen molar-refractivity contribution in [3.8, 4) is 0 Å². The average Bonchev–Trinajstić information content (AvgIpc) is 3.03. The van der Waals surface area contributed by atoms with Crippen LogP contribution >= 0.6 is 0 Å². The van der Waals surface area contributed by atoms with Crippen molar-refractivity contribution in [3.63, 3.8) is 0 Å². The summed E-state index contributed by atoms with van der Waals surface area (Å²) in [6, 6.07) is 9.47. The third-order valence-corrected chi connectivity index (χ3v) is 3.44. The number of primary amides is 1. The van der Waals surface area contributed by atoms with Crippen LogP contribution in [0.2, 0.25) is 0 Å². The highest BCUT2D eigenvalue weighted by molar-refractivity contribution is 5.97. The molecule has 122 valence electrons. The number of rotatable bonds is 7. The normalized spacial score (nSPS) is 11.9. The minimum Gasteiger partial charge on any atom is -0.464 e. The molecule has 0 aliphatic rings. The Bertz CT molecular complexity index is 676. The summed E-state index contributed by atoms with van der Waals surface area (Å²) in [4.78, 5) is 23.4. The van der Waals surface area contributed by atoms with Crippen LogP contribution in [0.15, 0.2) is 40.8 Å². The highest BCUT2D eigenvalue weighted by Gasteiger charge is 2.19. The SMILES string of the molecule is CCc1ccc(C(COC)NC(=O)c2ccc(C(N)=O)cc2)o1. The van der Waals surface area contributed by atoms with E-state index in [1.165, 1.54) is 12.1 Å². The highest BCUT2D eigenvalue weighted by Crippen LogP contribution is 2.18. The van der Waals surface area contributed by atoms with Crippen molar-refractivity contribution in [2.45, 2.75) is 19.4 Å². The van der Waals surface area contributed by atoms with Crippen LogP contribution in [-0.2, 0) is 11.2 Å². The summed E-state index contributed by atoms with van der Waals surface area (Å²) in [5.74, 6) is 0.682. The predicted octanol–water partition coefficient (Wildman–Crippen LogP) is 2.06. The monoisotopic (exact) mass is 316 g/mol. The summed E-state index contributed by atoms with van der Waals surface area (Å²) in [5.41, 5.74) is 5.97. The van der Waals surface area contributed by atoms with Gasteiger partial charge in [-0.25, -0.2) is 0 Å². The molecule has 6 heteroatoms. The molecule has 0 bridgehead atoms. The van der Waals surface area contributed by atoms with Crippen LogP contribution in [0.25, 0.3) is 0 Å². The summed E-state index contributed by atoms with van der Waals surface area (Å²) in [6.45, 7) is 2.29. The molecule has 0 aliphatic heterocycles. The van der Waals surface area contributed by atoms with Gasteiger partial charge in [0.25, 0.3) is 5.91 Å². The molecule has 23 heavy (non-hydrogen) atoms. The zero-order valence-electron chi connectivity index (χ0n) is 13.2. The van der Waals surface area contributed by atoms with Gasteiger partial charge in [0, 0.05) is 24.7 Å². The first-order chi connectivity index (χ1) is 11.0. The smallest absolute Gasteiger partial charge is 0.251 e. The van der Waals surface area contributed by atoms with Gasteiger partial charge in [-0.1, -0.05) is 6.92 Å². The molecule has 3 N–H and O–H groups in total. The molecular weight excluding hydrogens is 296 g/mol. The molecule has 0 saturated heterocycles. The lowest BCUT2D eigenvalue weighted by Gasteiger charge is -2.16. The van der Waals surface area contributed by atoms with Gasteiger partial charge in [0.05, 0.1) is 6.61 Å². The Morgan fingerprint density at radius 2 is 1.83 bits per heavy atom. The molecule has 6 nitrogen and oxygen atoms in total. The van der Waals surface area contributed by atoms with E-state index < -0.39 is 5.91 Å². The molecule has 0 radical (unpaired) electrons. The van der Waals surface area contributed by atoms with Gasteiger partial charge in [0.1, 0.15) is 17.6 Å². The van der Waals surface area contributed by atoms with E-state index in [2.05, 4.69) is 5.32 Å². The number of benzene rings is 1. The molecule has 0 spiro atoms. The van der Waals surface area contributed by atoms with E-state index >= 15 is 0 Å². The van der Waals surface area contributed by atoms with Crippen molar-refractivity contribution < 1.29 is 18.7 Å². The Balaban J connectivity index is 2.12. The summed E-state index contributed by atoms with van der Waals surface area (Å²) in [5, 5.41) is 2.86. The molecule has 1 heterocycles. The zero-order chi connectivity index (χ0) is 16.8. The van der Waals surface area contributed by atoms with Crippen LogP contribution < -0.4 is 11.1 Å². The average molecular weight is 316 g/mol. The number of hydrogen-bond donors (Lipinski definition) is 2. The third-order valence-electron chi connectivity index (χ3n) is 3.44. The Morgan fingerprint density at radius 1 is 1.17 bits per heavy atom. The number of aryl methyl sites for hydroxylation is 1. The van der Waals surface area contributed by atoms with Gasteiger partial charge >= 0.3 is 0 Å². The first-order valence-electron chi connectivity index (χ1n) is 7.33. The van der Waals surface area contributed by atoms with E-state index in [1.807, 2.05) is 19.1 Å². The molecule has 2 amide bonds. The number of amides is 2. The van der Waals surface area contributed by atoms with Gasteiger partial charge in [-0.05, 0) is 36.4 Å². The fourth-order valence-electron chi connectivity index (χ4n) is 2.16. The van der Waals surface area contributed by atoms with E-state index in [1.54, 1.807) is 19.2 Å². The summed E-state index contributed by atoms with van der Waals surface area (Å²) < 4.78 is 10.8. The molecule has 2 aromatic rings. The first-order valence-corrected chi connectivity index (χ1v) is 7.33. The topological polar surface area (TPSA) is 94.6 Å². The highest BCUT2D eigenvalue weighted by atomic mass is 16.5. The quantitative estimate of drug-likeness (QED) is 0.817. The minimum atomic E-state index is -0.531. The number of hydrogen-bond acceptors (Lipinski definition) is 4. The Morgan fingerprint density at radius 3 is 2.35 bits per heavy atom. The maximum absolute atomic E-state index is 12.3. The van der Waals surface area contributed by atoms with E-state index in [-0.39, 0.29) is 11.9 Å². The second-order valence-corrected chi connectivity index (χ2v) is 5.08. The molecule has 0 fully saturated rings. The maximum Gasteiger partial charge on any atom is 0.251 e. The standard InChI is InChI=1S/C17H20N2O4/c1-3-13-8-9-15(23-13)14(10-22-2)19-17(21)12-6-4-11(5-7-12)16(18)20/h4-9,14H,3,10H2,1-2H3,(H2,18,20)(H,19,21). The number of furan rings is 1. The maximum atomic E-state index is 12.3. The third kappa shape index (κ3) is 4.20. The van der Waals surface area contributed by atoms with Crippen molar-refractivity contribution in [1.82, 2.24) is 5.32 Å². The van der Waals surface area contributed by atoms with Gasteiger partial charge in [-0.2, -0.15) is 0 Å². The number of methoxy groups -OCH3 is 1. The number of carbonyl (C=O) groups is 2. The zero-order valence-corrected chi connectivity index (χ0v) is 13.2.